The van der Waals surface area contributed by atoms with Crippen LogP contribution in [0.25, 0.3) is 22.5 Å². The molecule has 5 rings (SSSR count). The molecule has 1 amide bonds. The molecule has 5 aromatic rings. The first-order chi connectivity index (χ1) is 15.1. The molecule has 1 N–H and O–H groups in total. The van der Waals surface area contributed by atoms with Crippen LogP contribution >= 0.6 is 0 Å². The summed E-state index contributed by atoms with van der Waals surface area (Å²) in [5.74, 6) is -0.0306. The molecule has 152 valence electrons. The average molecular weight is 411 g/mol. The number of benzene rings is 1. The fourth-order valence-electron chi connectivity index (χ4n) is 3.49. The highest BCUT2D eigenvalue weighted by atomic mass is 19.1. The Morgan fingerprint density at radius 2 is 1.87 bits per heavy atom. The van der Waals surface area contributed by atoms with E-state index in [0.29, 0.717) is 22.8 Å². The lowest BCUT2D eigenvalue weighted by atomic mass is 10.1. The van der Waals surface area contributed by atoms with Crippen molar-refractivity contribution < 1.29 is 9.18 Å². The molecule has 0 atom stereocenters. The molecule has 0 aliphatic carbocycles. The van der Waals surface area contributed by atoms with Gasteiger partial charge in [0.2, 0.25) is 0 Å². The van der Waals surface area contributed by atoms with E-state index in [0.717, 1.165) is 16.6 Å². The van der Waals surface area contributed by atoms with Crippen molar-refractivity contribution in [2.45, 2.75) is 6.92 Å². The summed E-state index contributed by atoms with van der Waals surface area (Å²) in [4.78, 5) is 17.1. The van der Waals surface area contributed by atoms with Gasteiger partial charge in [0.1, 0.15) is 17.3 Å². The maximum Gasteiger partial charge on any atom is 0.274 e. The monoisotopic (exact) mass is 411 g/mol. The number of carbonyl (C=O) groups is 1. The first-order valence-corrected chi connectivity index (χ1v) is 9.73. The Labute approximate surface area is 177 Å². The topological polar surface area (TPSA) is 64.2 Å². The number of aromatic nitrogens is 4. The molecule has 0 bridgehead atoms. The van der Waals surface area contributed by atoms with Crippen LogP contribution in [0, 0.1) is 12.7 Å². The van der Waals surface area contributed by atoms with Gasteiger partial charge in [0, 0.05) is 35.4 Å². The van der Waals surface area contributed by atoms with Gasteiger partial charge >= 0.3 is 0 Å². The molecule has 0 saturated carbocycles. The summed E-state index contributed by atoms with van der Waals surface area (Å²) in [5, 5.41) is 7.10. The Balaban J connectivity index is 1.52. The molecule has 7 heteroatoms. The minimum atomic E-state index is -0.376. The molecule has 31 heavy (non-hydrogen) atoms. The molecule has 6 nitrogen and oxygen atoms in total. The number of anilines is 1. The summed E-state index contributed by atoms with van der Waals surface area (Å²) in [7, 11) is 0. The second-order valence-corrected chi connectivity index (χ2v) is 7.19. The summed E-state index contributed by atoms with van der Waals surface area (Å²) < 4.78 is 17.4. The second-order valence-electron chi connectivity index (χ2n) is 7.19. The van der Waals surface area contributed by atoms with Gasteiger partial charge in [-0.15, -0.1) is 0 Å². The standard InChI is InChI=1S/C24H18FN5O/c1-16-4-6-19(13-21(16)25)28-24(31)22-10-12-27-30(22)23-9-8-20-7-5-18(15-29(20)23)17-3-2-11-26-14-17/h2-15H,1H3,(H,28,31). The van der Waals surface area contributed by atoms with E-state index in [9.17, 15) is 9.18 Å². The third kappa shape index (κ3) is 3.46. The number of rotatable bonds is 4. The molecule has 0 fully saturated rings. The number of carbonyl (C=O) groups excluding carboxylic acids is 1. The first-order valence-electron chi connectivity index (χ1n) is 9.73. The maximum atomic E-state index is 13.9. The van der Waals surface area contributed by atoms with Gasteiger partial charge in [-0.25, -0.2) is 9.07 Å². The van der Waals surface area contributed by atoms with Crippen LogP contribution in [-0.2, 0) is 0 Å². The number of nitrogens with one attached hydrogen (secondary N) is 1. The Morgan fingerprint density at radius 1 is 1.00 bits per heavy atom. The Kier molecular flexibility index (Phi) is 4.55. The minimum Gasteiger partial charge on any atom is -0.321 e. The molecule has 0 aliphatic heterocycles. The normalized spacial score (nSPS) is 11.0. The van der Waals surface area contributed by atoms with Gasteiger partial charge in [-0.3, -0.25) is 9.78 Å². The minimum absolute atomic E-state index is 0.341. The van der Waals surface area contributed by atoms with Crippen LogP contribution in [-0.4, -0.2) is 25.1 Å². The fourth-order valence-corrected chi connectivity index (χ4v) is 3.49. The van der Waals surface area contributed by atoms with Crippen LogP contribution in [0.2, 0.25) is 0 Å². The van der Waals surface area contributed by atoms with Gasteiger partial charge in [-0.2, -0.15) is 5.10 Å². The lowest BCUT2D eigenvalue weighted by Crippen LogP contribution is -2.18. The molecule has 1 aromatic carbocycles. The summed E-state index contributed by atoms with van der Waals surface area (Å²) in [6.07, 6.45) is 7.09. The van der Waals surface area contributed by atoms with Crippen molar-refractivity contribution >= 4 is 17.1 Å². The molecule has 4 aromatic heterocycles. The van der Waals surface area contributed by atoms with Crippen molar-refractivity contribution in [2.75, 3.05) is 5.32 Å². The molecule has 0 aliphatic rings. The van der Waals surface area contributed by atoms with Gasteiger partial charge < -0.3 is 9.72 Å². The highest BCUT2D eigenvalue weighted by molar-refractivity contribution is 6.03. The third-order valence-electron chi connectivity index (χ3n) is 5.15. The Morgan fingerprint density at radius 3 is 2.68 bits per heavy atom. The van der Waals surface area contributed by atoms with E-state index in [-0.39, 0.29) is 11.7 Å². The zero-order valence-electron chi connectivity index (χ0n) is 16.7. The smallest absolute Gasteiger partial charge is 0.274 e. The number of nitrogens with zero attached hydrogens (tertiary/aromatic N) is 4. The number of pyridine rings is 2. The van der Waals surface area contributed by atoms with Crippen LogP contribution < -0.4 is 5.32 Å². The molecular formula is C24H18FN5O. The number of amides is 1. The Hall–Kier alpha value is -4.26. The number of aryl methyl sites for hydroxylation is 1. The third-order valence-corrected chi connectivity index (χ3v) is 5.15. The van der Waals surface area contributed by atoms with Crippen LogP contribution in [0.4, 0.5) is 10.1 Å². The van der Waals surface area contributed by atoms with Gasteiger partial charge in [-0.1, -0.05) is 18.2 Å². The SMILES string of the molecule is Cc1ccc(NC(=O)c2ccnn2-c2ccc3ccc(-c4cccnc4)cn23)cc1F. The summed E-state index contributed by atoms with van der Waals surface area (Å²) in [5.41, 5.74) is 4.19. The van der Waals surface area contributed by atoms with Gasteiger partial charge in [0.25, 0.3) is 5.91 Å². The predicted molar refractivity (Wildman–Crippen MR) is 117 cm³/mol. The largest absolute Gasteiger partial charge is 0.321 e. The quantitative estimate of drug-likeness (QED) is 0.458. The van der Waals surface area contributed by atoms with Crippen molar-refractivity contribution in [2.24, 2.45) is 0 Å². The van der Waals surface area contributed by atoms with E-state index in [1.54, 1.807) is 48.4 Å². The maximum absolute atomic E-state index is 13.9. The first kappa shape index (κ1) is 18.7. The highest BCUT2D eigenvalue weighted by Crippen LogP contribution is 2.23. The van der Waals surface area contributed by atoms with Gasteiger partial charge in [-0.05, 0) is 60.5 Å². The van der Waals surface area contributed by atoms with Crippen LogP contribution in [0.1, 0.15) is 16.1 Å². The lowest BCUT2D eigenvalue weighted by Gasteiger charge is -2.10. The summed E-state index contributed by atoms with van der Waals surface area (Å²) >= 11 is 0. The zero-order valence-corrected chi connectivity index (χ0v) is 16.7. The number of hydrogen-bond acceptors (Lipinski definition) is 3. The lowest BCUT2D eigenvalue weighted by molar-refractivity contribution is 0.101. The van der Waals surface area contributed by atoms with Crippen LogP contribution in [0.15, 0.2) is 85.5 Å². The number of hydrogen-bond donors (Lipinski definition) is 1. The van der Waals surface area contributed by atoms with Crippen LogP contribution in [0.3, 0.4) is 0 Å². The van der Waals surface area contributed by atoms with Crippen molar-refractivity contribution in [3.63, 3.8) is 0 Å². The molecule has 4 heterocycles. The van der Waals surface area contributed by atoms with Crippen molar-refractivity contribution in [3.8, 4) is 16.9 Å². The molecule has 0 unspecified atom stereocenters. The second kappa shape index (κ2) is 7.53. The zero-order chi connectivity index (χ0) is 21.4. The Bertz CT molecular complexity index is 1400. The van der Waals surface area contributed by atoms with Crippen molar-refractivity contribution in [1.82, 2.24) is 19.2 Å². The van der Waals surface area contributed by atoms with Crippen LogP contribution in [0.5, 0.6) is 0 Å². The van der Waals surface area contributed by atoms with E-state index in [1.807, 2.05) is 47.0 Å². The highest BCUT2D eigenvalue weighted by Gasteiger charge is 2.16. The van der Waals surface area contributed by atoms with E-state index in [1.165, 1.54) is 6.07 Å². The van der Waals surface area contributed by atoms with Gasteiger partial charge in [0.05, 0.1) is 6.20 Å². The molecule has 0 spiro atoms. The number of fused-ring (bicyclic) bond motifs is 1. The van der Waals surface area contributed by atoms with E-state index in [2.05, 4.69) is 15.4 Å². The predicted octanol–water partition coefficient (Wildman–Crippen LogP) is 4.89. The van der Waals surface area contributed by atoms with Crippen molar-refractivity contribution in [3.05, 3.63) is 103 Å². The van der Waals surface area contributed by atoms with E-state index in [4.69, 9.17) is 0 Å². The van der Waals surface area contributed by atoms with E-state index >= 15 is 0 Å². The molecule has 0 radical (unpaired) electrons. The average Bonchev–Trinajstić information content (AvgIpc) is 3.43. The summed E-state index contributed by atoms with van der Waals surface area (Å²) in [6, 6.07) is 18.0. The van der Waals surface area contributed by atoms with E-state index < -0.39 is 0 Å². The molecule has 0 saturated heterocycles. The molecular weight excluding hydrogens is 393 g/mol. The fraction of sp³-hybridized carbons (Fsp3) is 0.0417. The van der Waals surface area contributed by atoms with Gasteiger partial charge in [0.15, 0.2) is 0 Å². The van der Waals surface area contributed by atoms with Crippen molar-refractivity contribution in [1.29, 1.82) is 0 Å². The summed E-state index contributed by atoms with van der Waals surface area (Å²) in [6.45, 7) is 1.67. The number of halogens is 1.